The molecule has 0 atom stereocenters. The van der Waals surface area contributed by atoms with Crippen molar-refractivity contribution in [2.75, 3.05) is 21.9 Å². The largest absolute Gasteiger partial charge is 0.366 e. The van der Waals surface area contributed by atoms with Gasteiger partial charge in [0.1, 0.15) is 0 Å². The van der Waals surface area contributed by atoms with Crippen molar-refractivity contribution in [3.8, 4) is 0 Å². The second kappa shape index (κ2) is 6.56. The molecule has 1 aliphatic heterocycles. The molecule has 0 unspecified atom stereocenters. The van der Waals surface area contributed by atoms with Gasteiger partial charge in [-0.1, -0.05) is 0 Å². The zero-order chi connectivity index (χ0) is 18.0. The molecule has 25 heavy (non-hydrogen) atoms. The van der Waals surface area contributed by atoms with Crippen LogP contribution in [0.4, 0.5) is 11.4 Å². The van der Waals surface area contributed by atoms with Crippen LogP contribution in [-0.4, -0.2) is 32.5 Å². The zero-order valence-electron chi connectivity index (χ0n) is 13.3. The van der Waals surface area contributed by atoms with Crippen molar-refractivity contribution in [2.45, 2.75) is 6.42 Å². The molecule has 1 saturated heterocycles. The van der Waals surface area contributed by atoms with Crippen LogP contribution in [-0.2, 0) is 10.0 Å². The number of carbonyl (C=O) groups is 2. The minimum absolute atomic E-state index is 0.160. The van der Waals surface area contributed by atoms with Gasteiger partial charge >= 0.3 is 0 Å². The summed E-state index contributed by atoms with van der Waals surface area (Å²) < 4.78 is 25.2. The molecule has 3 N–H and O–H groups in total. The van der Waals surface area contributed by atoms with Crippen LogP contribution in [0, 0.1) is 0 Å². The van der Waals surface area contributed by atoms with Crippen molar-refractivity contribution in [1.29, 1.82) is 0 Å². The van der Waals surface area contributed by atoms with E-state index in [4.69, 9.17) is 5.73 Å². The van der Waals surface area contributed by atoms with Gasteiger partial charge < -0.3 is 11.1 Å². The average Bonchev–Trinajstić information content (AvgIpc) is 2.95. The summed E-state index contributed by atoms with van der Waals surface area (Å²) >= 11 is 0. The van der Waals surface area contributed by atoms with E-state index in [1.807, 2.05) is 0 Å². The van der Waals surface area contributed by atoms with Crippen LogP contribution in [0.25, 0.3) is 0 Å². The number of amides is 2. The number of hydrogen-bond acceptors (Lipinski definition) is 4. The first kappa shape index (κ1) is 17.0. The molecule has 0 aromatic heterocycles. The Morgan fingerprint density at radius 2 is 1.56 bits per heavy atom. The van der Waals surface area contributed by atoms with E-state index in [-0.39, 0.29) is 11.7 Å². The number of hydrogen-bond donors (Lipinski definition) is 2. The van der Waals surface area contributed by atoms with Crippen molar-refractivity contribution >= 4 is 33.2 Å². The molecule has 2 aromatic rings. The third kappa shape index (κ3) is 3.63. The molecule has 0 spiro atoms. The minimum atomic E-state index is -3.22. The predicted octanol–water partition coefficient (Wildman–Crippen LogP) is 1.58. The Balaban J connectivity index is 1.71. The predicted molar refractivity (Wildman–Crippen MR) is 95.1 cm³/mol. The third-order valence-electron chi connectivity index (χ3n) is 3.94. The Morgan fingerprint density at radius 3 is 2.08 bits per heavy atom. The van der Waals surface area contributed by atoms with Gasteiger partial charge in [-0.05, 0) is 55.0 Å². The first-order valence-electron chi connectivity index (χ1n) is 7.68. The standard InChI is InChI=1S/C17H17N3O4S/c18-16(21)12-2-4-13(5-3-12)17(22)19-14-6-8-15(9-7-14)20-10-1-11-25(20,23)24/h2-9H,1,10-11H2,(H2,18,21)(H,19,22). The van der Waals surface area contributed by atoms with Crippen LogP contribution in [0.3, 0.4) is 0 Å². The Hall–Kier alpha value is -2.87. The van der Waals surface area contributed by atoms with E-state index in [9.17, 15) is 18.0 Å². The van der Waals surface area contributed by atoms with Gasteiger partial charge in [0.15, 0.2) is 0 Å². The number of nitrogens with two attached hydrogens (primary N) is 1. The number of anilines is 2. The van der Waals surface area contributed by atoms with Crippen LogP contribution >= 0.6 is 0 Å². The molecule has 2 aromatic carbocycles. The molecule has 1 aliphatic rings. The summed E-state index contributed by atoms with van der Waals surface area (Å²) in [7, 11) is -3.22. The Morgan fingerprint density at radius 1 is 0.960 bits per heavy atom. The van der Waals surface area contributed by atoms with Gasteiger partial charge in [-0.15, -0.1) is 0 Å². The zero-order valence-corrected chi connectivity index (χ0v) is 14.1. The molecule has 130 valence electrons. The maximum absolute atomic E-state index is 12.2. The molecule has 2 amide bonds. The molecule has 0 bridgehead atoms. The van der Waals surface area contributed by atoms with Crippen LogP contribution in [0.1, 0.15) is 27.1 Å². The summed E-state index contributed by atoms with van der Waals surface area (Å²) in [6.45, 7) is 0.472. The molecule has 0 radical (unpaired) electrons. The Kier molecular flexibility index (Phi) is 4.45. The van der Waals surface area contributed by atoms with E-state index in [1.165, 1.54) is 28.6 Å². The van der Waals surface area contributed by atoms with E-state index >= 15 is 0 Å². The van der Waals surface area contributed by atoms with Gasteiger partial charge in [0.2, 0.25) is 15.9 Å². The second-order valence-electron chi connectivity index (χ2n) is 5.68. The topological polar surface area (TPSA) is 110 Å². The van der Waals surface area contributed by atoms with E-state index in [2.05, 4.69) is 5.32 Å². The van der Waals surface area contributed by atoms with Gasteiger partial charge in [0, 0.05) is 23.4 Å². The smallest absolute Gasteiger partial charge is 0.255 e. The molecule has 0 saturated carbocycles. The normalized spacial score (nSPS) is 15.8. The van der Waals surface area contributed by atoms with E-state index in [0.29, 0.717) is 35.5 Å². The molecule has 8 heteroatoms. The molecule has 7 nitrogen and oxygen atoms in total. The van der Waals surface area contributed by atoms with Gasteiger partial charge in [0.25, 0.3) is 5.91 Å². The summed E-state index contributed by atoms with van der Waals surface area (Å²) in [6.07, 6.45) is 0.613. The highest BCUT2D eigenvalue weighted by Crippen LogP contribution is 2.25. The van der Waals surface area contributed by atoms with Crippen molar-refractivity contribution in [3.63, 3.8) is 0 Å². The summed E-state index contributed by atoms with van der Waals surface area (Å²) in [4.78, 5) is 23.2. The van der Waals surface area contributed by atoms with Gasteiger partial charge in [-0.3, -0.25) is 13.9 Å². The minimum Gasteiger partial charge on any atom is -0.366 e. The maximum Gasteiger partial charge on any atom is 0.255 e. The van der Waals surface area contributed by atoms with Gasteiger partial charge in [-0.25, -0.2) is 8.42 Å². The first-order chi connectivity index (χ1) is 11.9. The molecule has 1 fully saturated rings. The number of benzene rings is 2. The van der Waals surface area contributed by atoms with Crippen molar-refractivity contribution in [1.82, 2.24) is 0 Å². The fourth-order valence-electron chi connectivity index (χ4n) is 2.63. The maximum atomic E-state index is 12.2. The van der Waals surface area contributed by atoms with Gasteiger partial charge in [0.05, 0.1) is 11.4 Å². The fourth-order valence-corrected chi connectivity index (χ4v) is 4.19. The first-order valence-corrected chi connectivity index (χ1v) is 9.29. The summed E-state index contributed by atoms with van der Waals surface area (Å²) in [5.41, 5.74) is 7.00. The number of nitrogens with one attached hydrogen (secondary N) is 1. The molecule has 3 rings (SSSR count). The van der Waals surface area contributed by atoms with Crippen LogP contribution < -0.4 is 15.4 Å². The molecule has 1 heterocycles. The van der Waals surface area contributed by atoms with E-state index in [1.54, 1.807) is 24.3 Å². The SMILES string of the molecule is NC(=O)c1ccc(C(=O)Nc2ccc(N3CCCS3(=O)=O)cc2)cc1. The highest BCUT2D eigenvalue weighted by Gasteiger charge is 2.28. The van der Waals surface area contributed by atoms with Gasteiger partial charge in [-0.2, -0.15) is 0 Å². The lowest BCUT2D eigenvalue weighted by atomic mass is 10.1. The number of primary amides is 1. The highest BCUT2D eigenvalue weighted by atomic mass is 32.2. The number of rotatable bonds is 4. The molecular formula is C17H17N3O4S. The van der Waals surface area contributed by atoms with Crippen LogP contribution in [0.5, 0.6) is 0 Å². The Labute approximate surface area is 145 Å². The Bertz CT molecular complexity index is 906. The fraction of sp³-hybridized carbons (Fsp3) is 0.176. The van der Waals surface area contributed by atoms with E-state index < -0.39 is 15.9 Å². The lowest BCUT2D eigenvalue weighted by Gasteiger charge is -2.17. The average molecular weight is 359 g/mol. The lowest BCUT2D eigenvalue weighted by molar-refractivity contribution is 0.0995. The number of nitrogens with zero attached hydrogens (tertiary/aromatic N) is 1. The monoisotopic (exact) mass is 359 g/mol. The number of sulfonamides is 1. The second-order valence-corrected chi connectivity index (χ2v) is 7.70. The van der Waals surface area contributed by atoms with Crippen LogP contribution in [0.15, 0.2) is 48.5 Å². The molecule has 0 aliphatic carbocycles. The molecular weight excluding hydrogens is 342 g/mol. The number of carbonyl (C=O) groups excluding carboxylic acids is 2. The lowest BCUT2D eigenvalue weighted by Crippen LogP contribution is -2.25. The van der Waals surface area contributed by atoms with Crippen molar-refractivity contribution < 1.29 is 18.0 Å². The third-order valence-corrected chi connectivity index (χ3v) is 5.81. The van der Waals surface area contributed by atoms with Crippen LogP contribution in [0.2, 0.25) is 0 Å². The van der Waals surface area contributed by atoms with Crippen molar-refractivity contribution in [3.05, 3.63) is 59.7 Å². The summed E-state index contributed by atoms with van der Waals surface area (Å²) in [5, 5.41) is 2.72. The quantitative estimate of drug-likeness (QED) is 0.863. The summed E-state index contributed by atoms with van der Waals surface area (Å²) in [6, 6.07) is 12.6. The van der Waals surface area contributed by atoms with Crippen molar-refractivity contribution in [2.24, 2.45) is 5.73 Å². The highest BCUT2D eigenvalue weighted by molar-refractivity contribution is 7.93. The van der Waals surface area contributed by atoms with E-state index in [0.717, 1.165) is 0 Å². The summed E-state index contributed by atoms with van der Waals surface area (Å²) in [5.74, 6) is -0.732.